The minimum absolute atomic E-state index is 0.0514. The van der Waals surface area contributed by atoms with E-state index in [4.69, 9.17) is 4.74 Å². The molecule has 0 saturated heterocycles. The lowest BCUT2D eigenvalue weighted by Gasteiger charge is -2.25. The largest absolute Gasteiger partial charge is 0.494 e. The van der Waals surface area contributed by atoms with Gasteiger partial charge in [0.1, 0.15) is 0 Å². The molecule has 1 aliphatic carbocycles. The van der Waals surface area contributed by atoms with Crippen LogP contribution in [0.5, 0.6) is 5.75 Å². The highest BCUT2D eigenvalue weighted by Gasteiger charge is 2.26. The lowest BCUT2D eigenvalue weighted by atomic mass is 9.85. The van der Waals surface area contributed by atoms with Crippen molar-refractivity contribution in [1.82, 2.24) is 5.32 Å². The van der Waals surface area contributed by atoms with Gasteiger partial charge in [-0.05, 0) is 36.3 Å². The van der Waals surface area contributed by atoms with Crippen LogP contribution in [0.25, 0.3) is 0 Å². The molecule has 0 atom stereocenters. The van der Waals surface area contributed by atoms with E-state index in [0.29, 0.717) is 11.8 Å². The number of hydrogen-bond donors (Lipinski definition) is 1. The topological polar surface area (TPSA) is 21.3 Å². The van der Waals surface area contributed by atoms with Crippen LogP contribution < -0.4 is 10.1 Å². The molecule has 0 radical (unpaired) electrons. The van der Waals surface area contributed by atoms with Gasteiger partial charge in [-0.3, -0.25) is 0 Å². The highest BCUT2D eigenvalue weighted by Crippen LogP contribution is 2.28. The first kappa shape index (κ1) is 13.3. The third-order valence-electron chi connectivity index (χ3n) is 3.38. The van der Waals surface area contributed by atoms with Crippen molar-refractivity contribution in [3.8, 4) is 5.75 Å². The summed E-state index contributed by atoms with van der Waals surface area (Å²) in [4.78, 5) is 0. The summed E-state index contributed by atoms with van der Waals surface area (Å²) in [5.41, 5.74) is 0.785. The van der Waals surface area contributed by atoms with E-state index in [0.717, 1.165) is 18.5 Å². The molecule has 0 aliphatic heterocycles. The number of rotatable bonds is 6. The molecule has 0 spiro atoms. The van der Waals surface area contributed by atoms with Gasteiger partial charge >= 0.3 is 0 Å². The first-order valence-electron chi connectivity index (χ1n) is 6.56. The fourth-order valence-electron chi connectivity index (χ4n) is 2.14. The van der Waals surface area contributed by atoms with E-state index in [1.807, 2.05) is 12.1 Å². The van der Waals surface area contributed by atoms with E-state index in [-0.39, 0.29) is 11.2 Å². The maximum Gasteiger partial charge on any atom is 0.168 e. The van der Waals surface area contributed by atoms with Gasteiger partial charge in [0.05, 0.1) is 7.11 Å². The van der Waals surface area contributed by atoms with E-state index in [1.54, 1.807) is 6.07 Å². The van der Waals surface area contributed by atoms with Crippen molar-refractivity contribution in [2.24, 2.45) is 5.41 Å². The summed E-state index contributed by atoms with van der Waals surface area (Å²) in [5.74, 6) is 0.109. The second kappa shape index (κ2) is 5.27. The van der Waals surface area contributed by atoms with E-state index in [2.05, 4.69) is 19.2 Å². The fraction of sp³-hybridized carbons (Fsp3) is 0.600. The van der Waals surface area contributed by atoms with Gasteiger partial charge in [-0.1, -0.05) is 26.0 Å². The number of benzene rings is 1. The molecular formula is C15H22FNO. The van der Waals surface area contributed by atoms with Gasteiger partial charge in [-0.25, -0.2) is 4.39 Å². The highest BCUT2D eigenvalue weighted by molar-refractivity contribution is 5.31. The molecule has 18 heavy (non-hydrogen) atoms. The quantitative estimate of drug-likeness (QED) is 0.838. The molecule has 0 heterocycles. The summed E-state index contributed by atoms with van der Waals surface area (Å²) in [6.07, 6.45) is 3.28. The van der Waals surface area contributed by atoms with Gasteiger partial charge in [-0.2, -0.15) is 0 Å². The van der Waals surface area contributed by atoms with Crippen LogP contribution in [0.15, 0.2) is 18.2 Å². The van der Waals surface area contributed by atoms with Crippen molar-refractivity contribution in [1.29, 1.82) is 0 Å². The molecule has 1 fully saturated rings. The van der Waals surface area contributed by atoms with Crippen molar-refractivity contribution >= 4 is 0 Å². The van der Waals surface area contributed by atoms with E-state index < -0.39 is 0 Å². The fourth-order valence-corrected chi connectivity index (χ4v) is 2.14. The summed E-state index contributed by atoms with van der Waals surface area (Å²) in [7, 11) is 1.50. The molecular weight excluding hydrogens is 229 g/mol. The molecule has 3 heteroatoms. The zero-order valence-corrected chi connectivity index (χ0v) is 11.4. The zero-order valence-electron chi connectivity index (χ0n) is 11.4. The predicted molar refractivity (Wildman–Crippen MR) is 71.5 cm³/mol. The van der Waals surface area contributed by atoms with Crippen LogP contribution in [-0.4, -0.2) is 19.7 Å². The van der Waals surface area contributed by atoms with Gasteiger partial charge in [0.2, 0.25) is 0 Å². The Labute approximate surface area is 109 Å². The number of hydrogen-bond acceptors (Lipinski definition) is 2. The average Bonchev–Trinajstić information content (AvgIpc) is 3.13. The minimum Gasteiger partial charge on any atom is -0.494 e. The second-order valence-corrected chi connectivity index (χ2v) is 5.93. The molecule has 0 amide bonds. The summed E-state index contributed by atoms with van der Waals surface area (Å²) >= 11 is 0. The zero-order chi connectivity index (χ0) is 13.2. The summed E-state index contributed by atoms with van der Waals surface area (Å²) in [5, 5.41) is 3.51. The normalized spacial score (nSPS) is 15.8. The molecule has 2 rings (SSSR count). The molecule has 1 saturated carbocycles. The standard InChI is InChI=1S/C15H22FNO/c1-15(2,10-17-12-7-8-12)9-11-5-4-6-13(18-3)14(11)16/h4-6,12,17H,7-10H2,1-3H3. The molecule has 0 aromatic heterocycles. The number of ether oxygens (including phenoxy) is 1. The van der Waals surface area contributed by atoms with Crippen LogP contribution >= 0.6 is 0 Å². The Balaban J connectivity index is 2.02. The van der Waals surface area contributed by atoms with Crippen LogP contribution in [0.4, 0.5) is 4.39 Å². The predicted octanol–water partition coefficient (Wildman–Crippen LogP) is 3.16. The summed E-state index contributed by atoms with van der Waals surface area (Å²) in [6, 6.07) is 6.05. The maximum absolute atomic E-state index is 14.1. The van der Waals surface area contributed by atoms with Gasteiger partial charge in [0, 0.05) is 12.6 Å². The van der Waals surface area contributed by atoms with Crippen LogP contribution in [-0.2, 0) is 6.42 Å². The Morgan fingerprint density at radius 1 is 1.39 bits per heavy atom. The van der Waals surface area contributed by atoms with E-state index in [9.17, 15) is 4.39 Å². The molecule has 1 N–H and O–H groups in total. The third-order valence-corrected chi connectivity index (χ3v) is 3.38. The average molecular weight is 251 g/mol. The molecule has 0 unspecified atom stereocenters. The van der Waals surface area contributed by atoms with Gasteiger partial charge < -0.3 is 10.1 Å². The Hall–Kier alpha value is -1.09. The van der Waals surface area contributed by atoms with Crippen molar-refractivity contribution in [3.05, 3.63) is 29.6 Å². The van der Waals surface area contributed by atoms with Gasteiger partial charge in [0.25, 0.3) is 0 Å². The number of nitrogens with one attached hydrogen (secondary N) is 1. The minimum atomic E-state index is -0.223. The lowest BCUT2D eigenvalue weighted by molar-refractivity contribution is 0.327. The smallest absolute Gasteiger partial charge is 0.168 e. The molecule has 0 bridgehead atoms. The molecule has 2 nitrogen and oxygen atoms in total. The first-order valence-corrected chi connectivity index (χ1v) is 6.56. The Morgan fingerprint density at radius 2 is 2.11 bits per heavy atom. The van der Waals surface area contributed by atoms with Crippen LogP contribution in [0.1, 0.15) is 32.3 Å². The van der Waals surface area contributed by atoms with Gasteiger partial charge in [0.15, 0.2) is 11.6 Å². The lowest BCUT2D eigenvalue weighted by Crippen LogP contribution is -2.32. The summed E-state index contributed by atoms with van der Waals surface area (Å²) < 4.78 is 19.1. The molecule has 1 aliphatic rings. The van der Waals surface area contributed by atoms with Crippen molar-refractivity contribution < 1.29 is 9.13 Å². The first-order chi connectivity index (χ1) is 8.52. The Morgan fingerprint density at radius 3 is 2.72 bits per heavy atom. The van der Waals surface area contributed by atoms with Crippen LogP contribution in [0, 0.1) is 11.2 Å². The van der Waals surface area contributed by atoms with Crippen molar-refractivity contribution in [3.63, 3.8) is 0 Å². The molecule has 1 aromatic rings. The second-order valence-electron chi connectivity index (χ2n) is 5.93. The Kier molecular flexibility index (Phi) is 3.91. The molecule has 100 valence electrons. The highest BCUT2D eigenvalue weighted by atomic mass is 19.1. The van der Waals surface area contributed by atoms with E-state index >= 15 is 0 Å². The van der Waals surface area contributed by atoms with Gasteiger partial charge in [-0.15, -0.1) is 0 Å². The maximum atomic E-state index is 14.1. The number of methoxy groups -OCH3 is 1. The summed E-state index contributed by atoms with van der Waals surface area (Å²) in [6.45, 7) is 5.26. The number of halogens is 1. The van der Waals surface area contributed by atoms with Crippen molar-refractivity contribution in [2.45, 2.75) is 39.2 Å². The Bertz CT molecular complexity index is 413. The van der Waals surface area contributed by atoms with Crippen LogP contribution in [0.3, 0.4) is 0 Å². The van der Waals surface area contributed by atoms with Crippen LogP contribution in [0.2, 0.25) is 0 Å². The monoisotopic (exact) mass is 251 g/mol. The SMILES string of the molecule is COc1cccc(CC(C)(C)CNC2CC2)c1F. The van der Waals surface area contributed by atoms with E-state index in [1.165, 1.54) is 20.0 Å². The van der Waals surface area contributed by atoms with Crippen molar-refractivity contribution in [2.75, 3.05) is 13.7 Å². The molecule has 1 aromatic carbocycles. The third kappa shape index (κ3) is 3.45.